The van der Waals surface area contributed by atoms with Gasteiger partial charge in [-0.05, 0) is 53.6 Å². The molecule has 0 aliphatic heterocycles. The zero-order valence-electron chi connectivity index (χ0n) is 17.2. The SMILES string of the molecule is Cc1cccc(/C=C/S(=O)(=O)Nc2cccc(-c3nnn(Cc4cccc(Cl)c4)n3)c2)c1. The number of hydrogen-bond donors (Lipinski definition) is 1. The molecule has 0 unspecified atom stereocenters. The lowest BCUT2D eigenvalue weighted by molar-refractivity contribution is 0.573. The second-order valence-electron chi connectivity index (χ2n) is 7.22. The molecule has 0 aliphatic carbocycles. The zero-order chi connectivity index (χ0) is 22.6. The molecule has 0 fully saturated rings. The van der Waals surface area contributed by atoms with Gasteiger partial charge in [-0.15, -0.1) is 10.2 Å². The van der Waals surface area contributed by atoms with E-state index in [1.165, 1.54) is 4.80 Å². The number of aromatic nitrogens is 4. The van der Waals surface area contributed by atoms with Crippen LogP contribution in [0.1, 0.15) is 16.7 Å². The third-order valence-electron chi connectivity index (χ3n) is 4.53. The van der Waals surface area contributed by atoms with Crippen LogP contribution in [0, 0.1) is 6.92 Å². The maximum absolute atomic E-state index is 12.5. The van der Waals surface area contributed by atoms with E-state index in [1.807, 2.05) is 49.4 Å². The molecule has 1 heterocycles. The molecular weight excluding hydrogens is 446 g/mol. The summed E-state index contributed by atoms with van der Waals surface area (Å²) in [5.41, 5.74) is 3.86. The number of anilines is 1. The molecule has 7 nitrogen and oxygen atoms in total. The Labute approximate surface area is 191 Å². The monoisotopic (exact) mass is 465 g/mol. The van der Waals surface area contributed by atoms with Crippen molar-refractivity contribution in [2.24, 2.45) is 0 Å². The number of halogens is 1. The van der Waals surface area contributed by atoms with Gasteiger partial charge in [-0.1, -0.05) is 65.7 Å². The number of sulfonamides is 1. The minimum absolute atomic E-state index is 0.392. The number of hydrogen-bond acceptors (Lipinski definition) is 5. The van der Waals surface area contributed by atoms with Crippen molar-refractivity contribution in [3.63, 3.8) is 0 Å². The Morgan fingerprint density at radius 2 is 1.84 bits per heavy atom. The van der Waals surface area contributed by atoms with Crippen LogP contribution in [0.4, 0.5) is 5.69 Å². The Kier molecular flexibility index (Phi) is 6.34. The van der Waals surface area contributed by atoms with Gasteiger partial charge in [-0.25, -0.2) is 8.42 Å². The summed E-state index contributed by atoms with van der Waals surface area (Å²) in [5, 5.41) is 14.3. The van der Waals surface area contributed by atoms with Crippen LogP contribution >= 0.6 is 11.6 Å². The van der Waals surface area contributed by atoms with Crippen molar-refractivity contribution < 1.29 is 8.42 Å². The number of benzene rings is 3. The van der Waals surface area contributed by atoms with E-state index in [-0.39, 0.29) is 0 Å². The molecule has 0 amide bonds. The lowest BCUT2D eigenvalue weighted by atomic mass is 10.1. The van der Waals surface area contributed by atoms with Crippen LogP contribution in [0.2, 0.25) is 5.02 Å². The fourth-order valence-corrected chi connectivity index (χ4v) is 4.16. The molecule has 9 heteroatoms. The van der Waals surface area contributed by atoms with Crippen molar-refractivity contribution in [1.82, 2.24) is 20.2 Å². The third-order valence-corrected chi connectivity index (χ3v) is 5.78. The van der Waals surface area contributed by atoms with Crippen LogP contribution in [0.25, 0.3) is 17.5 Å². The molecule has 1 aromatic heterocycles. The van der Waals surface area contributed by atoms with Gasteiger partial charge in [0.2, 0.25) is 5.82 Å². The van der Waals surface area contributed by atoms with E-state index in [2.05, 4.69) is 20.1 Å². The van der Waals surface area contributed by atoms with Gasteiger partial charge in [0, 0.05) is 16.3 Å². The van der Waals surface area contributed by atoms with Crippen LogP contribution in [-0.4, -0.2) is 28.6 Å². The second-order valence-corrected chi connectivity index (χ2v) is 9.22. The first-order valence-corrected chi connectivity index (χ1v) is 11.7. The summed E-state index contributed by atoms with van der Waals surface area (Å²) in [6.07, 6.45) is 1.56. The van der Waals surface area contributed by atoms with E-state index in [0.29, 0.717) is 28.6 Å². The summed E-state index contributed by atoms with van der Waals surface area (Å²) in [6.45, 7) is 2.37. The minimum atomic E-state index is -3.69. The Bertz CT molecular complexity index is 1380. The molecule has 0 saturated heterocycles. The normalized spacial score (nSPS) is 11.7. The van der Waals surface area contributed by atoms with Gasteiger partial charge >= 0.3 is 0 Å². The molecule has 3 aromatic carbocycles. The number of rotatable bonds is 7. The van der Waals surface area contributed by atoms with Crippen LogP contribution in [-0.2, 0) is 16.6 Å². The van der Waals surface area contributed by atoms with E-state index >= 15 is 0 Å². The van der Waals surface area contributed by atoms with E-state index in [1.54, 1.807) is 36.4 Å². The predicted molar refractivity (Wildman–Crippen MR) is 127 cm³/mol. The van der Waals surface area contributed by atoms with Gasteiger partial charge in [-0.3, -0.25) is 4.72 Å². The molecular formula is C23H20ClN5O2S. The summed E-state index contributed by atoms with van der Waals surface area (Å²) < 4.78 is 27.5. The Balaban J connectivity index is 1.48. The Morgan fingerprint density at radius 3 is 2.66 bits per heavy atom. The maximum Gasteiger partial charge on any atom is 0.255 e. The van der Waals surface area contributed by atoms with Gasteiger partial charge in [0.1, 0.15) is 0 Å². The summed E-state index contributed by atoms with van der Waals surface area (Å²) in [6, 6.07) is 21.9. The summed E-state index contributed by atoms with van der Waals surface area (Å²) in [7, 11) is -3.69. The lowest BCUT2D eigenvalue weighted by Gasteiger charge is -2.05. The topological polar surface area (TPSA) is 89.8 Å². The van der Waals surface area contributed by atoms with Crippen LogP contribution in [0.3, 0.4) is 0 Å². The largest absolute Gasteiger partial charge is 0.280 e. The maximum atomic E-state index is 12.5. The Morgan fingerprint density at radius 1 is 1.03 bits per heavy atom. The summed E-state index contributed by atoms with van der Waals surface area (Å²) in [5.74, 6) is 0.392. The predicted octanol–water partition coefficient (Wildman–Crippen LogP) is 4.76. The van der Waals surface area contributed by atoms with Crippen LogP contribution < -0.4 is 4.72 Å². The lowest BCUT2D eigenvalue weighted by Crippen LogP contribution is -2.08. The van der Waals surface area contributed by atoms with E-state index in [4.69, 9.17) is 11.6 Å². The molecule has 0 radical (unpaired) electrons. The molecule has 1 N–H and O–H groups in total. The fourth-order valence-electron chi connectivity index (χ4n) is 3.09. The van der Waals surface area contributed by atoms with Gasteiger partial charge in [0.25, 0.3) is 10.0 Å². The first kappa shape index (κ1) is 21.7. The number of aryl methyl sites for hydroxylation is 1. The van der Waals surface area contributed by atoms with Gasteiger partial charge < -0.3 is 0 Å². The Hall–Kier alpha value is -3.49. The number of tetrazole rings is 1. The molecule has 0 spiro atoms. The quantitative estimate of drug-likeness (QED) is 0.425. The smallest absolute Gasteiger partial charge is 0.255 e. The van der Waals surface area contributed by atoms with Crippen LogP contribution in [0.15, 0.2) is 78.2 Å². The molecule has 0 saturated carbocycles. The molecule has 4 rings (SSSR count). The van der Waals surface area contributed by atoms with Gasteiger partial charge in [-0.2, -0.15) is 4.80 Å². The van der Waals surface area contributed by atoms with Crippen molar-refractivity contribution in [1.29, 1.82) is 0 Å². The van der Waals surface area contributed by atoms with Crippen molar-refractivity contribution in [2.75, 3.05) is 4.72 Å². The molecule has 162 valence electrons. The number of nitrogens with zero attached hydrogens (tertiary/aromatic N) is 4. The molecule has 0 atom stereocenters. The van der Waals surface area contributed by atoms with E-state index < -0.39 is 10.0 Å². The highest BCUT2D eigenvalue weighted by Gasteiger charge is 2.10. The van der Waals surface area contributed by atoms with Crippen LogP contribution in [0.5, 0.6) is 0 Å². The number of nitrogens with one attached hydrogen (secondary N) is 1. The highest BCUT2D eigenvalue weighted by atomic mass is 35.5. The van der Waals surface area contributed by atoms with Crippen molar-refractivity contribution in [3.05, 3.63) is 99.9 Å². The first-order chi connectivity index (χ1) is 15.4. The van der Waals surface area contributed by atoms with Crippen molar-refractivity contribution in [3.8, 4) is 11.4 Å². The summed E-state index contributed by atoms with van der Waals surface area (Å²) >= 11 is 6.02. The minimum Gasteiger partial charge on any atom is -0.280 e. The fraction of sp³-hybridized carbons (Fsp3) is 0.0870. The molecule has 32 heavy (non-hydrogen) atoms. The zero-order valence-corrected chi connectivity index (χ0v) is 18.8. The second kappa shape index (κ2) is 9.33. The van der Waals surface area contributed by atoms with Crippen molar-refractivity contribution >= 4 is 33.4 Å². The van der Waals surface area contributed by atoms with E-state index in [9.17, 15) is 8.42 Å². The highest BCUT2D eigenvalue weighted by molar-refractivity contribution is 7.95. The third kappa shape index (κ3) is 5.81. The van der Waals surface area contributed by atoms with Gasteiger partial charge in [0.05, 0.1) is 12.0 Å². The van der Waals surface area contributed by atoms with Crippen molar-refractivity contribution in [2.45, 2.75) is 13.5 Å². The average Bonchev–Trinajstić information content (AvgIpc) is 3.21. The average molecular weight is 466 g/mol. The summed E-state index contributed by atoms with van der Waals surface area (Å²) in [4.78, 5) is 1.46. The molecule has 0 bridgehead atoms. The molecule has 4 aromatic rings. The first-order valence-electron chi connectivity index (χ1n) is 9.77. The molecule has 0 aliphatic rings. The standard InChI is InChI=1S/C23H20ClN5O2S/c1-17-5-2-6-18(13-17)11-12-32(30,31)27-22-10-4-8-20(15-22)23-25-28-29(26-23)16-19-7-3-9-21(24)14-19/h2-15,27H,16H2,1H3/b12-11+. The highest BCUT2D eigenvalue weighted by Crippen LogP contribution is 2.20. The van der Waals surface area contributed by atoms with E-state index in [0.717, 1.165) is 22.1 Å². The van der Waals surface area contributed by atoms with Gasteiger partial charge in [0.15, 0.2) is 0 Å².